The summed E-state index contributed by atoms with van der Waals surface area (Å²) in [6.07, 6.45) is 3.17. The number of aliphatic imine (C=N–C) groups is 1. The van der Waals surface area contributed by atoms with Crippen LogP contribution in [0.15, 0.2) is 4.99 Å². The van der Waals surface area contributed by atoms with E-state index in [0.29, 0.717) is 11.9 Å². The maximum Gasteiger partial charge on any atom is 0.263 e. The Morgan fingerprint density at radius 3 is 2.77 bits per heavy atom. The second-order valence-corrected chi connectivity index (χ2v) is 3.35. The lowest BCUT2D eigenvalue weighted by atomic mass is 10.2. The van der Waals surface area contributed by atoms with Crippen molar-refractivity contribution in [1.82, 2.24) is 0 Å². The minimum absolute atomic E-state index is 0.276. The van der Waals surface area contributed by atoms with E-state index < -0.39 is 0 Å². The largest absolute Gasteiger partial charge is 0.468 e. The molecule has 0 aromatic carbocycles. The fraction of sp³-hybridized carbons (Fsp3) is 0.727. The number of rotatable bonds is 3. The van der Waals surface area contributed by atoms with Gasteiger partial charge in [-0.25, -0.2) is 4.99 Å². The van der Waals surface area contributed by atoms with E-state index in [0.717, 1.165) is 19.3 Å². The van der Waals surface area contributed by atoms with Crippen molar-refractivity contribution in [1.29, 1.82) is 0 Å². The van der Waals surface area contributed by atoms with Gasteiger partial charge in [0.15, 0.2) is 0 Å². The molecule has 1 unspecified atom stereocenters. The lowest BCUT2D eigenvalue weighted by Crippen LogP contribution is -2.18. The van der Waals surface area contributed by atoms with E-state index in [1.165, 1.54) is 0 Å². The molecular weight excluding hydrogens is 162 g/mol. The highest BCUT2D eigenvalue weighted by Gasteiger charge is 2.10. The Morgan fingerprint density at radius 1 is 1.54 bits per heavy atom. The molecule has 0 aliphatic carbocycles. The van der Waals surface area contributed by atoms with Gasteiger partial charge in [-0.05, 0) is 25.7 Å². The van der Waals surface area contributed by atoms with Crippen LogP contribution in [0.1, 0.15) is 40.0 Å². The van der Waals surface area contributed by atoms with E-state index in [-0.39, 0.29) is 6.10 Å². The Labute approximate surface area is 80.4 Å². The van der Waals surface area contributed by atoms with Crippen LogP contribution in [0.2, 0.25) is 0 Å². The molecule has 0 saturated heterocycles. The second kappa shape index (κ2) is 4.91. The van der Waals surface area contributed by atoms with Crippen LogP contribution in [-0.4, -0.2) is 18.0 Å². The minimum Gasteiger partial charge on any atom is -0.468 e. The molecule has 0 aromatic rings. The summed E-state index contributed by atoms with van der Waals surface area (Å²) < 4.78 is 5.64. The number of hydrogen-bond acceptors (Lipinski definition) is 2. The molecule has 0 amide bonds. The first kappa shape index (κ1) is 10.1. The Kier molecular flexibility index (Phi) is 3.82. The summed E-state index contributed by atoms with van der Waals surface area (Å²) in [4.78, 5) is 4.34. The quantitative estimate of drug-likeness (QED) is 0.609. The minimum atomic E-state index is 0.276. The van der Waals surface area contributed by atoms with Crippen molar-refractivity contribution in [2.24, 2.45) is 4.99 Å². The highest BCUT2D eigenvalue weighted by atomic mass is 16.5. The number of ether oxygens (including phenoxy) is 1. The van der Waals surface area contributed by atoms with Crippen molar-refractivity contribution in [3.8, 4) is 11.8 Å². The van der Waals surface area contributed by atoms with Gasteiger partial charge in [0.05, 0.1) is 6.04 Å². The maximum absolute atomic E-state index is 5.64. The third-order valence-electron chi connectivity index (χ3n) is 2.12. The van der Waals surface area contributed by atoms with Crippen LogP contribution < -0.4 is 0 Å². The first-order chi connectivity index (χ1) is 6.26. The average Bonchev–Trinajstić information content (AvgIpc) is 2.14. The predicted molar refractivity (Wildman–Crippen MR) is 54.7 cm³/mol. The molecule has 0 spiro atoms. The highest BCUT2D eigenvalue weighted by Crippen LogP contribution is 2.07. The molecule has 0 fully saturated rings. The first-order valence-corrected chi connectivity index (χ1v) is 4.99. The lowest BCUT2D eigenvalue weighted by molar-refractivity contribution is 0.181. The Morgan fingerprint density at radius 2 is 2.23 bits per heavy atom. The van der Waals surface area contributed by atoms with Gasteiger partial charge in [-0.15, -0.1) is 0 Å². The van der Waals surface area contributed by atoms with Crippen LogP contribution in [0.5, 0.6) is 0 Å². The zero-order valence-electron chi connectivity index (χ0n) is 8.63. The van der Waals surface area contributed by atoms with Gasteiger partial charge in [-0.1, -0.05) is 19.8 Å². The van der Waals surface area contributed by atoms with Crippen molar-refractivity contribution >= 4 is 5.90 Å². The monoisotopic (exact) mass is 179 g/mol. The Balaban J connectivity index is 2.51. The molecule has 1 heterocycles. The van der Waals surface area contributed by atoms with Crippen molar-refractivity contribution in [3.05, 3.63) is 0 Å². The van der Waals surface area contributed by atoms with Gasteiger partial charge in [0.1, 0.15) is 6.10 Å². The average molecular weight is 179 g/mol. The van der Waals surface area contributed by atoms with Crippen molar-refractivity contribution < 1.29 is 4.74 Å². The van der Waals surface area contributed by atoms with Crippen LogP contribution in [0.3, 0.4) is 0 Å². The maximum atomic E-state index is 5.64. The molecule has 0 aromatic heterocycles. The zero-order chi connectivity index (χ0) is 9.68. The van der Waals surface area contributed by atoms with E-state index in [2.05, 4.69) is 37.6 Å². The van der Waals surface area contributed by atoms with Crippen LogP contribution >= 0.6 is 0 Å². The standard InChI is InChI=1S/C11H17NO/c1-4-10(5-2)13-11-8-6-7-9(3)12-11/h9-10H,4-5,7H2,1-3H3. The van der Waals surface area contributed by atoms with Crippen LogP contribution in [0, 0.1) is 11.8 Å². The van der Waals surface area contributed by atoms with Gasteiger partial charge >= 0.3 is 0 Å². The summed E-state index contributed by atoms with van der Waals surface area (Å²) in [5, 5.41) is 0. The molecule has 2 heteroatoms. The van der Waals surface area contributed by atoms with Gasteiger partial charge in [0, 0.05) is 6.42 Å². The van der Waals surface area contributed by atoms with E-state index >= 15 is 0 Å². The summed E-state index contributed by atoms with van der Waals surface area (Å²) in [5.41, 5.74) is 0. The molecule has 72 valence electrons. The molecule has 2 nitrogen and oxygen atoms in total. The fourth-order valence-corrected chi connectivity index (χ4v) is 1.23. The van der Waals surface area contributed by atoms with E-state index in [9.17, 15) is 0 Å². The van der Waals surface area contributed by atoms with E-state index in [1.807, 2.05) is 0 Å². The fourth-order valence-electron chi connectivity index (χ4n) is 1.23. The molecule has 0 bridgehead atoms. The van der Waals surface area contributed by atoms with Gasteiger partial charge in [0.2, 0.25) is 0 Å². The highest BCUT2D eigenvalue weighted by molar-refractivity contribution is 5.94. The molecular formula is C11H17NO. The van der Waals surface area contributed by atoms with Crippen LogP contribution in [0.25, 0.3) is 0 Å². The third-order valence-corrected chi connectivity index (χ3v) is 2.12. The van der Waals surface area contributed by atoms with Crippen LogP contribution in [0.4, 0.5) is 0 Å². The van der Waals surface area contributed by atoms with Gasteiger partial charge in [-0.3, -0.25) is 0 Å². The molecule has 0 N–H and O–H groups in total. The van der Waals surface area contributed by atoms with E-state index in [1.54, 1.807) is 0 Å². The van der Waals surface area contributed by atoms with Gasteiger partial charge in [-0.2, -0.15) is 0 Å². The molecule has 0 radical (unpaired) electrons. The molecule has 13 heavy (non-hydrogen) atoms. The Bertz CT molecular complexity index is 243. The number of nitrogens with zero attached hydrogens (tertiary/aromatic N) is 1. The van der Waals surface area contributed by atoms with E-state index in [4.69, 9.17) is 4.74 Å². The van der Waals surface area contributed by atoms with Crippen molar-refractivity contribution in [3.63, 3.8) is 0 Å². The first-order valence-electron chi connectivity index (χ1n) is 4.99. The van der Waals surface area contributed by atoms with Crippen molar-refractivity contribution in [2.75, 3.05) is 0 Å². The topological polar surface area (TPSA) is 21.6 Å². The van der Waals surface area contributed by atoms with Crippen molar-refractivity contribution in [2.45, 2.75) is 52.2 Å². The molecule has 1 aliphatic heterocycles. The molecule has 1 atom stereocenters. The summed E-state index contributed by atoms with van der Waals surface area (Å²) in [7, 11) is 0. The summed E-state index contributed by atoms with van der Waals surface area (Å²) in [5.74, 6) is 6.59. The normalized spacial score (nSPS) is 20.6. The third kappa shape index (κ3) is 3.10. The summed E-state index contributed by atoms with van der Waals surface area (Å²) in [6.45, 7) is 6.30. The molecule has 1 aliphatic rings. The van der Waals surface area contributed by atoms with Gasteiger partial charge in [0.25, 0.3) is 5.90 Å². The predicted octanol–water partition coefficient (Wildman–Crippen LogP) is 2.39. The summed E-state index contributed by atoms with van der Waals surface area (Å²) >= 11 is 0. The lowest BCUT2D eigenvalue weighted by Gasteiger charge is -2.16. The SMILES string of the molecule is CCC(CC)OC1=NC(C)CC#C1. The molecule has 1 rings (SSSR count). The van der Waals surface area contributed by atoms with Gasteiger partial charge < -0.3 is 4.74 Å². The Hall–Kier alpha value is -0.970. The number of hydrogen-bond donors (Lipinski definition) is 0. The second-order valence-electron chi connectivity index (χ2n) is 3.35. The zero-order valence-corrected chi connectivity index (χ0v) is 8.63. The summed E-state index contributed by atoms with van der Waals surface area (Å²) in [6, 6.07) is 0.297. The molecule has 0 saturated carbocycles. The smallest absolute Gasteiger partial charge is 0.263 e. The van der Waals surface area contributed by atoms with Crippen LogP contribution in [-0.2, 0) is 4.74 Å².